The van der Waals surface area contributed by atoms with E-state index in [1.165, 1.54) is 17.1 Å². The molecule has 0 aromatic carbocycles. The second kappa shape index (κ2) is 4.92. The van der Waals surface area contributed by atoms with Gasteiger partial charge in [0.2, 0.25) is 0 Å². The van der Waals surface area contributed by atoms with Gasteiger partial charge < -0.3 is 5.32 Å². The minimum absolute atomic E-state index is 0.0178. The highest BCUT2D eigenvalue weighted by Crippen LogP contribution is 2.19. The van der Waals surface area contributed by atoms with E-state index in [0.717, 1.165) is 5.56 Å². The van der Waals surface area contributed by atoms with Crippen molar-refractivity contribution in [2.45, 2.75) is 13.5 Å². The van der Waals surface area contributed by atoms with Gasteiger partial charge in [-0.05, 0) is 23.9 Å². The fraction of sp³-hybridized carbons (Fsp3) is 0.182. The lowest BCUT2D eigenvalue weighted by Crippen LogP contribution is -2.02. The Hall–Kier alpha value is -1.95. The van der Waals surface area contributed by atoms with E-state index in [1.54, 1.807) is 18.3 Å². The lowest BCUT2D eigenvalue weighted by Gasteiger charge is -2.06. The van der Waals surface area contributed by atoms with E-state index < -0.39 is 4.92 Å². The quantitative estimate of drug-likeness (QED) is 0.668. The van der Waals surface area contributed by atoms with Gasteiger partial charge in [0.05, 0.1) is 11.5 Å². The molecule has 0 aliphatic carbocycles. The van der Waals surface area contributed by atoms with Crippen molar-refractivity contribution >= 4 is 22.8 Å². The van der Waals surface area contributed by atoms with Gasteiger partial charge >= 0.3 is 0 Å². The molecule has 0 spiro atoms. The van der Waals surface area contributed by atoms with Gasteiger partial charge in [-0.1, -0.05) is 6.07 Å². The number of anilines is 1. The van der Waals surface area contributed by atoms with Crippen LogP contribution in [0.15, 0.2) is 29.8 Å². The summed E-state index contributed by atoms with van der Waals surface area (Å²) in [6.07, 6.45) is 1.27. The molecule has 0 saturated carbocycles. The summed E-state index contributed by atoms with van der Waals surface area (Å²) >= 11 is 1.66. The van der Waals surface area contributed by atoms with E-state index >= 15 is 0 Å². The van der Waals surface area contributed by atoms with Crippen molar-refractivity contribution in [2.24, 2.45) is 0 Å². The largest absolute Gasteiger partial charge is 0.365 e. The number of pyridine rings is 1. The van der Waals surface area contributed by atoms with Crippen molar-refractivity contribution in [3.8, 4) is 0 Å². The summed E-state index contributed by atoms with van der Waals surface area (Å²) in [5, 5.41) is 15.7. The van der Waals surface area contributed by atoms with Crippen molar-refractivity contribution in [3.63, 3.8) is 0 Å². The maximum atomic E-state index is 10.6. The SMILES string of the molecule is Cc1cc([N+](=O)[O-])cnc1NCc1cccs1. The summed E-state index contributed by atoms with van der Waals surface area (Å²) in [6, 6.07) is 5.53. The van der Waals surface area contributed by atoms with Crippen LogP contribution in [0.25, 0.3) is 0 Å². The highest BCUT2D eigenvalue weighted by Gasteiger charge is 2.09. The summed E-state index contributed by atoms with van der Waals surface area (Å²) in [5.41, 5.74) is 0.792. The Balaban J connectivity index is 2.09. The lowest BCUT2D eigenvalue weighted by atomic mass is 10.2. The molecule has 5 nitrogen and oxygen atoms in total. The van der Waals surface area contributed by atoms with Crippen LogP contribution in [0.5, 0.6) is 0 Å². The molecule has 1 N–H and O–H groups in total. The molecule has 2 aromatic rings. The first-order chi connectivity index (χ1) is 8.16. The first-order valence-electron chi connectivity index (χ1n) is 5.04. The van der Waals surface area contributed by atoms with Crippen molar-refractivity contribution in [1.29, 1.82) is 0 Å². The summed E-state index contributed by atoms with van der Waals surface area (Å²) in [4.78, 5) is 15.4. The Kier molecular flexibility index (Phi) is 3.34. The van der Waals surface area contributed by atoms with Crippen molar-refractivity contribution in [2.75, 3.05) is 5.32 Å². The average Bonchev–Trinajstić information content (AvgIpc) is 2.80. The van der Waals surface area contributed by atoms with Gasteiger partial charge in [0, 0.05) is 10.9 Å². The first-order valence-corrected chi connectivity index (χ1v) is 5.92. The predicted molar refractivity (Wildman–Crippen MR) is 67.3 cm³/mol. The topological polar surface area (TPSA) is 68.1 Å². The third-order valence-electron chi connectivity index (χ3n) is 2.28. The molecule has 0 aliphatic rings. The third-order valence-corrected chi connectivity index (χ3v) is 3.16. The van der Waals surface area contributed by atoms with E-state index in [-0.39, 0.29) is 5.69 Å². The van der Waals surface area contributed by atoms with Crippen LogP contribution in [0.2, 0.25) is 0 Å². The first kappa shape index (κ1) is 11.5. The second-order valence-electron chi connectivity index (χ2n) is 3.55. The number of nitro groups is 1. The van der Waals surface area contributed by atoms with E-state index in [9.17, 15) is 10.1 Å². The molecule has 0 aliphatic heterocycles. The van der Waals surface area contributed by atoms with Crippen LogP contribution in [-0.4, -0.2) is 9.91 Å². The van der Waals surface area contributed by atoms with Crippen LogP contribution >= 0.6 is 11.3 Å². The molecule has 0 radical (unpaired) electrons. The Bertz CT molecular complexity index is 526. The van der Waals surface area contributed by atoms with Crippen LogP contribution in [0.3, 0.4) is 0 Å². The zero-order valence-electron chi connectivity index (χ0n) is 9.21. The highest BCUT2D eigenvalue weighted by atomic mass is 32.1. The Morgan fingerprint density at radius 3 is 3.00 bits per heavy atom. The van der Waals surface area contributed by atoms with Gasteiger partial charge in [-0.15, -0.1) is 11.3 Å². The van der Waals surface area contributed by atoms with Crippen LogP contribution in [-0.2, 0) is 6.54 Å². The summed E-state index contributed by atoms with van der Waals surface area (Å²) < 4.78 is 0. The predicted octanol–water partition coefficient (Wildman–Crippen LogP) is 2.97. The molecule has 0 saturated heterocycles. The summed E-state index contributed by atoms with van der Waals surface area (Å²) in [6.45, 7) is 2.49. The number of nitrogens with zero attached hydrogens (tertiary/aromatic N) is 2. The van der Waals surface area contributed by atoms with E-state index in [4.69, 9.17) is 0 Å². The van der Waals surface area contributed by atoms with E-state index in [2.05, 4.69) is 10.3 Å². The molecule has 0 bridgehead atoms. The van der Waals surface area contributed by atoms with Gasteiger partial charge in [-0.25, -0.2) is 4.98 Å². The molecule has 88 valence electrons. The number of hydrogen-bond donors (Lipinski definition) is 1. The van der Waals surface area contributed by atoms with Crippen LogP contribution in [0.1, 0.15) is 10.4 Å². The fourth-order valence-corrected chi connectivity index (χ4v) is 2.07. The van der Waals surface area contributed by atoms with Crippen molar-refractivity contribution in [3.05, 3.63) is 50.3 Å². The third kappa shape index (κ3) is 2.79. The molecular formula is C11H11N3O2S. The molecule has 17 heavy (non-hydrogen) atoms. The van der Waals surface area contributed by atoms with E-state index in [1.807, 2.05) is 17.5 Å². The number of aromatic nitrogens is 1. The minimum atomic E-state index is -0.441. The molecule has 0 unspecified atom stereocenters. The fourth-order valence-electron chi connectivity index (χ4n) is 1.43. The molecule has 0 atom stereocenters. The van der Waals surface area contributed by atoms with Crippen LogP contribution < -0.4 is 5.32 Å². The number of thiophene rings is 1. The number of aryl methyl sites for hydroxylation is 1. The molecule has 2 heterocycles. The maximum Gasteiger partial charge on any atom is 0.287 e. The zero-order valence-corrected chi connectivity index (χ0v) is 10.0. The van der Waals surface area contributed by atoms with Crippen molar-refractivity contribution < 1.29 is 4.92 Å². The molecule has 0 fully saturated rings. The Morgan fingerprint density at radius 1 is 1.59 bits per heavy atom. The highest BCUT2D eigenvalue weighted by molar-refractivity contribution is 7.09. The zero-order chi connectivity index (χ0) is 12.3. The Labute approximate surface area is 102 Å². The molecule has 2 aromatic heterocycles. The van der Waals surface area contributed by atoms with Gasteiger partial charge in [-0.3, -0.25) is 10.1 Å². The molecule has 6 heteroatoms. The van der Waals surface area contributed by atoms with Crippen LogP contribution in [0, 0.1) is 17.0 Å². The van der Waals surface area contributed by atoms with Crippen molar-refractivity contribution in [1.82, 2.24) is 4.98 Å². The molecular weight excluding hydrogens is 238 g/mol. The second-order valence-corrected chi connectivity index (χ2v) is 4.58. The van der Waals surface area contributed by atoms with Gasteiger partial charge in [-0.2, -0.15) is 0 Å². The standard InChI is InChI=1S/C11H11N3O2S/c1-8-5-9(14(15)16)6-12-11(8)13-7-10-3-2-4-17-10/h2-6H,7H2,1H3,(H,12,13). The number of rotatable bonds is 4. The molecule has 0 amide bonds. The lowest BCUT2D eigenvalue weighted by molar-refractivity contribution is -0.385. The monoisotopic (exact) mass is 249 g/mol. The van der Waals surface area contributed by atoms with Gasteiger partial charge in [0.15, 0.2) is 0 Å². The minimum Gasteiger partial charge on any atom is -0.365 e. The molecule has 2 rings (SSSR count). The smallest absolute Gasteiger partial charge is 0.287 e. The maximum absolute atomic E-state index is 10.6. The summed E-state index contributed by atoms with van der Waals surface area (Å²) in [7, 11) is 0. The van der Waals surface area contributed by atoms with E-state index in [0.29, 0.717) is 12.4 Å². The number of hydrogen-bond acceptors (Lipinski definition) is 5. The Morgan fingerprint density at radius 2 is 2.41 bits per heavy atom. The average molecular weight is 249 g/mol. The van der Waals surface area contributed by atoms with Gasteiger partial charge in [0.25, 0.3) is 5.69 Å². The summed E-state index contributed by atoms with van der Waals surface area (Å²) in [5.74, 6) is 0.684. The number of nitrogens with one attached hydrogen (secondary N) is 1. The normalized spacial score (nSPS) is 10.2. The van der Waals surface area contributed by atoms with Gasteiger partial charge in [0.1, 0.15) is 12.0 Å². The van der Waals surface area contributed by atoms with Crippen LogP contribution in [0.4, 0.5) is 11.5 Å².